The number of rotatable bonds is 54. The smallest absolute Gasteiger partial charge is 0.394 e. The van der Waals surface area contributed by atoms with Gasteiger partial charge in [-0.15, -0.1) is 0 Å². The van der Waals surface area contributed by atoms with Crippen molar-refractivity contribution in [1.29, 1.82) is 0 Å². The first-order valence-corrected chi connectivity index (χ1v) is 38.2. The molecule has 3 heterocycles. The number of ether oxygens (including phenoxy) is 7. The van der Waals surface area contributed by atoms with Crippen LogP contribution in [0.15, 0.2) is 0 Å². The molecule has 112 heavy (non-hydrogen) atoms. The molecule has 33 heteroatoms. The lowest BCUT2D eigenvalue weighted by molar-refractivity contribution is -0.282. The fraction of sp³-hybridized carbons (Fsp3) is 0.924. The minimum absolute atomic E-state index is 0. The molecule has 0 saturated carbocycles. The summed E-state index contributed by atoms with van der Waals surface area (Å²) in [5, 5.41) is 104. The molecule has 3 fully saturated rings. The van der Waals surface area contributed by atoms with Crippen LogP contribution in [0.4, 0.5) is 0 Å². The van der Waals surface area contributed by atoms with Crippen LogP contribution in [-0.2, 0) is 75.5 Å². The lowest BCUT2D eigenvalue weighted by Crippen LogP contribution is -2.55. The number of aliphatic hydroxyl groups excluding tert-OH is 9. The number of hydrogen-bond donors (Lipinski definition) is 16. The number of carbonyl (C=O) groups is 6. The number of Topliss-reactive ketones (excluding diaryl/α,β-unsaturated/α-hetero) is 1. The third-order valence-corrected chi connectivity index (χ3v) is 18.7. The van der Waals surface area contributed by atoms with Gasteiger partial charge in [0.1, 0.15) is 36.6 Å². The van der Waals surface area contributed by atoms with Crippen molar-refractivity contribution in [3.63, 3.8) is 0 Å². The Morgan fingerprint density at radius 2 is 0.750 bits per heavy atom. The predicted molar refractivity (Wildman–Crippen MR) is 446 cm³/mol. The number of unbranched alkanes of at least 4 members (excludes halogenated alkanes) is 10. The summed E-state index contributed by atoms with van der Waals surface area (Å²) in [5.74, 6) is -3.93. The normalized spacial score (nSPS) is 23.6. The Morgan fingerprint density at radius 3 is 1.12 bits per heavy atom. The molecule has 0 aromatic rings. The van der Waals surface area contributed by atoms with Gasteiger partial charge < -0.3 is 116 Å². The van der Waals surface area contributed by atoms with Gasteiger partial charge in [0, 0.05) is 123 Å². The van der Waals surface area contributed by atoms with E-state index in [0.29, 0.717) is 142 Å². The molecular weight excluding hydrogens is 1480 g/mol. The van der Waals surface area contributed by atoms with Crippen molar-refractivity contribution in [2.24, 2.45) is 29.4 Å². The average molecular weight is 1660 g/mol. The van der Waals surface area contributed by atoms with E-state index in [9.17, 15) is 79.3 Å². The molecule has 9 unspecified atom stereocenters. The zero-order chi connectivity index (χ0) is 75.5. The van der Waals surface area contributed by atoms with Crippen molar-refractivity contribution in [2.75, 3.05) is 99.8 Å². The van der Waals surface area contributed by atoms with Crippen molar-refractivity contribution in [1.82, 2.24) is 26.6 Å². The minimum Gasteiger partial charge on any atom is -0.394 e. The van der Waals surface area contributed by atoms with Crippen LogP contribution in [0.5, 0.6) is 0 Å². The summed E-state index contributed by atoms with van der Waals surface area (Å²) < 4.78 is 58.8. The Kier molecular flexibility index (Phi) is 94.1. The molecule has 32 nitrogen and oxygen atoms in total. The standard InChI is InChI=1S/C59H107N5O22.C7H18NO4P.C2H6.11CH4/c1-37-50(73)53(76)43(34-65)84-57(37)81-30-15-9-22-47(70)60-25-13-7-19-40(56(79)63-27-12-5-6-21-46(69)62-28-18-29-80-4)33-42(68)41(64-49(72)24-11-17-32-83-59-39(3)52(75)55(78)45(36-67)86-59)20-8-14-26-61-48(71)23-10-16-31-82-58-38(2)51(74)54(77)44(35-66)85-58;1-11-13(9,10)12-7-5-3-2-4-6-8;1-2;;;;;;;;;;;/h37-41,43-45,50-55,57-59,65-67,73-78H,5-36H2,1-4H3,(H,60,70)(H,61,71)(H,62,69)(H,63,79)(H,64,72);2-8H2,1H3,(H,9,10);1-2H3;11*1H4/t37?,38?,39?,40?,41?,43?,44?,45?,50-,51-,52-,53+,54+,55+,57-,58-,59-;;;;;;;;;;;;;/m1............./s1. The molecule has 18 atom stereocenters. The number of phosphoric ester groups is 1. The topological polar surface area (TPSA) is 491 Å². The Morgan fingerprint density at radius 1 is 0.420 bits per heavy atom. The Hall–Kier alpha value is -3.55. The fourth-order valence-corrected chi connectivity index (χ4v) is 11.7. The molecule has 0 aliphatic carbocycles. The maximum Gasteiger partial charge on any atom is 0.471 e. The van der Waals surface area contributed by atoms with E-state index < -0.39 is 137 Å². The van der Waals surface area contributed by atoms with Crippen molar-refractivity contribution < 1.29 is 126 Å². The SMILES string of the molecule is C.C.C.C.C.C.C.C.C.C.C.CC.COCCCNC(=O)CCCCCNC(=O)C(CCCCNC(=O)CCCCO[C@@H]1OC(CO)[C@H](O)[C@H](O)C1C)CC(=O)C(CCCCNC(=O)CCCCO[C@@H]1OC(CO)[C@H](O)[C@H](O)C1C)NC(=O)CCCCO[C@@H]1OC(CO)[C@H](O)[C@H](O)C1C.COP(=O)(O)OCCCCCCN. The molecule has 3 rings (SSSR count). The summed E-state index contributed by atoms with van der Waals surface area (Å²) in [6, 6.07) is -0.960. The van der Waals surface area contributed by atoms with Crippen molar-refractivity contribution >= 4 is 43.1 Å². The number of phosphoric acid groups is 1. The van der Waals surface area contributed by atoms with Gasteiger partial charge in [-0.1, -0.05) is 142 Å². The fourth-order valence-electron chi connectivity index (χ4n) is 11.2. The van der Waals surface area contributed by atoms with Gasteiger partial charge in [0.15, 0.2) is 24.7 Å². The van der Waals surface area contributed by atoms with Crippen LogP contribution >= 0.6 is 7.82 Å². The molecule has 0 aromatic carbocycles. The zero-order valence-corrected chi connectivity index (χ0v) is 62.1. The summed E-state index contributed by atoms with van der Waals surface area (Å²) in [7, 11) is -1.01. The van der Waals surface area contributed by atoms with Gasteiger partial charge in [-0.3, -0.25) is 37.8 Å². The highest BCUT2D eigenvalue weighted by Crippen LogP contribution is 2.42. The second kappa shape index (κ2) is 79.9. The molecule has 0 bridgehead atoms. The number of methoxy groups -OCH3 is 1. The van der Waals surface area contributed by atoms with Crippen LogP contribution in [-0.4, -0.2) is 266 Å². The van der Waals surface area contributed by atoms with Gasteiger partial charge in [-0.2, -0.15) is 0 Å². The largest absolute Gasteiger partial charge is 0.471 e. The van der Waals surface area contributed by atoms with E-state index in [-0.39, 0.29) is 170 Å². The maximum atomic E-state index is 14.3. The lowest BCUT2D eigenvalue weighted by atomic mass is 9.91. The quantitative estimate of drug-likeness (QED) is 0.0200. The molecule has 3 saturated heterocycles. The maximum absolute atomic E-state index is 14.3. The third-order valence-electron chi connectivity index (χ3n) is 17.7. The van der Waals surface area contributed by atoms with Gasteiger partial charge in [-0.25, -0.2) is 4.57 Å². The minimum atomic E-state index is -3.75. The monoisotopic (exact) mass is 1660 g/mol. The van der Waals surface area contributed by atoms with E-state index in [1.165, 1.54) is 0 Å². The molecule has 17 N–H and O–H groups in total. The summed E-state index contributed by atoms with van der Waals surface area (Å²) in [6.45, 7) is 11.1. The van der Waals surface area contributed by atoms with Crippen molar-refractivity contribution in [2.45, 2.75) is 357 Å². The first-order chi connectivity index (χ1) is 48.4. The lowest BCUT2D eigenvalue weighted by Gasteiger charge is -2.40. The van der Waals surface area contributed by atoms with E-state index in [0.717, 1.165) is 32.8 Å². The molecule has 0 aromatic heterocycles. The second-order valence-electron chi connectivity index (χ2n) is 25.8. The number of nitrogens with one attached hydrogen (secondary N) is 5. The van der Waals surface area contributed by atoms with E-state index in [1.54, 1.807) is 27.9 Å². The van der Waals surface area contributed by atoms with E-state index in [1.807, 2.05) is 13.8 Å². The molecule has 0 radical (unpaired) electrons. The summed E-state index contributed by atoms with van der Waals surface area (Å²) in [5.41, 5.74) is 5.30. The molecule has 682 valence electrons. The highest BCUT2D eigenvalue weighted by molar-refractivity contribution is 7.47. The first kappa shape index (κ1) is 132. The third kappa shape index (κ3) is 56.0. The highest BCUT2D eigenvalue weighted by Gasteiger charge is 2.45. The highest BCUT2D eigenvalue weighted by atomic mass is 31.2. The molecule has 3 aliphatic rings. The number of nitrogens with two attached hydrogens (primary N) is 1. The number of aliphatic hydroxyl groups is 9. The Balaban J connectivity index is -0.000000394. The number of amides is 5. The summed E-state index contributed by atoms with van der Waals surface area (Å²) >= 11 is 0. The van der Waals surface area contributed by atoms with E-state index >= 15 is 0 Å². The number of ketones is 1. The van der Waals surface area contributed by atoms with Crippen LogP contribution in [0.3, 0.4) is 0 Å². The summed E-state index contributed by atoms with van der Waals surface area (Å²) in [4.78, 5) is 88.3. The molecular formula is C79H175N6O26P. The average Bonchev–Trinajstić information content (AvgIpc) is 0.833. The zero-order valence-electron chi connectivity index (χ0n) is 61.2. The van der Waals surface area contributed by atoms with E-state index in [2.05, 4.69) is 35.6 Å². The first-order valence-electron chi connectivity index (χ1n) is 36.7. The Bertz CT molecular complexity index is 2240. The van der Waals surface area contributed by atoms with Crippen LogP contribution in [0.1, 0.15) is 277 Å². The van der Waals surface area contributed by atoms with Crippen molar-refractivity contribution in [3.05, 3.63) is 0 Å². The predicted octanol–water partition coefficient (Wildman–Crippen LogP) is 8.53. The van der Waals surface area contributed by atoms with Gasteiger partial charge in [0.25, 0.3) is 0 Å². The van der Waals surface area contributed by atoms with E-state index in [4.69, 9.17) is 43.8 Å². The molecule has 5 amide bonds. The second-order valence-corrected chi connectivity index (χ2v) is 27.4. The van der Waals surface area contributed by atoms with Crippen LogP contribution < -0.4 is 32.3 Å². The van der Waals surface area contributed by atoms with Gasteiger partial charge in [-0.05, 0) is 109 Å². The van der Waals surface area contributed by atoms with Crippen LogP contribution in [0.2, 0.25) is 0 Å². The Labute approximate surface area is 679 Å². The van der Waals surface area contributed by atoms with Crippen LogP contribution in [0.25, 0.3) is 0 Å². The number of carbonyl (C=O) groups excluding carboxylic acids is 6. The van der Waals surface area contributed by atoms with Gasteiger partial charge in [0.05, 0.1) is 50.8 Å². The van der Waals surface area contributed by atoms with Gasteiger partial charge >= 0.3 is 7.82 Å². The van der Waals surface area contributed by atoms with Gasteiger partial charge in [0.2, 0.25) is 29.5 Å². The molecule has 3 aliphatic heterocycles. The summed E-state index contributed by atoms with van der Waals surface area (Å²) in [6.07, 6.45) is -0.510. The van der Waals surface area contributed by atoms with Crippen molar-refractivity contribution in [3.8, 4) is 0 Å². The van der Waals surface area contributed by atoms with Crippen LogP contribution in [0, 0.1) is 23.7 Å². The molecule has 0 spiro atoms. The number of hydrogen-bond acceptors (Lipinski definition) is 26.